The Morgan fingerprint density at radius 2 is 2.19 bits per heavy atom. The quantitative estimate of drug-likeness (QED) is 0.920. The number of carbonyl (C=O) groups is 1. The molecule has 1 aliphatic heterocycles. The number of benzene rings is 1. The van der Waals surface area contributed by atoms with E-state index in [4.69, 9.17) is 11.6 Å². The summed E-state index contributed by atoms with van der Waals surface area (Å²) < 4.78 is 0. The molecule has 2 aliphatic rings. The predicted molar refractivity (Wildman–Crippen MR) is 88.6 cm³/mol. The van der Waals surface area contributed by atoms with Crippen molar-refractivity contribution in [2.45, 2.75) is 37.4 Å². The Balaban J connectivity index is 1.91. The maximum absolute atomic E-state index is 12.9. The van der Waals surface area contributed by atoms with E-state index in [0.717, 1.165) is 48.6 Å². The van der Waals surface area contributed by atoms with Gasteiger partial charge in [0, 0.05) is 17.3 Å². The molecule has 1 atom stereocenters. The van der Waals surface area contributed by atoms with Gasteiger partial charge in [0.25, 0.3) is 0 Å². The highest BCUT2D eigenvalue weighted by atomic mass is 35.5. The number of amides is 1. The van der Waals surface area contributed by atoms with E-state index in [2.05, 4.69) is 17.6 Å². The van der Waals surface area contributed by atoms with Gasteiger partial charge in [-0.15, -0.1) is 0 Å². The summed E-state index contributed by atoms with van der Waals surface area (Å²) in [6.07, 6.45) is 6.22. The van der Waals surface area contributed by atoms with Crippen LogP contribution in [0.4, 0.5) is 0 Å². The maximum Gasteiger partial charge on any atom is 0.244 e. The van der Waals surface area contributed by atoms with Gasteiger partial charge in [0.05, 0.1) is 5.54 Å². The summed E-state index contributed by atoms with van der Waals surface area (Å²) in [7, 11) is 0. The first kappa shape index (κ1) is 15.2. The van der Waals surface area contributed by atoms with E-state index in [-0.39, 0.29) is 17.6 Å². The lowest BCUT2D eigenvalue weighted by molar-refractivity contribution is -0.133. The highest BCUT2D eigenvalue weighted by molar-refractivity contribution is 7.98. The summed E-state index contributed by atoms with van der Waals surface area (Å²) in [4.78, 5) is 14.9. The number of hydrogen-bond acceptors (Lipinski definition) is 3. The minimum absolute atomic E-state index is 0.0403. The van der Waals surface area contributed by atoms with Crippen molar-refractivity contribution in [1.29, 1.82) is 0 Å². The second kappa shape index (κ2) is 6.19. The highest BCUT2D eigenvalue weighted by Gasteiger charge is 2.52. The molecule has 0 bridgehead atoms. The zero-order chi connectivity index (χ0) is 14.9. The van der Waals surface area contributed by atoms with E-state index in [0.29, 0.717) is 0 Å². The van der Waals surface area contributed by atoms with Gasteiger partial charge < -0.3 is 4.90 Å². The summed E-state index contributed by atoms with van der Waals surface area (Å²) in [6.45, 7) is 0.784. The Kier molecular flexibility index (Phi) is 4.48. The van der Waals surface area contributed by atoms with Crippen LogP contribution >= 0.6 is 23.4 Å². The average Bonchev–Trinajstić information content (AvgIpc) is 3.05. The molecule has 1 saturated heterocycles. The Morgan fingerprint density at radius 3 is 2.86 bits per heavy atom. The molecule has 1 aromatic carbocycles. The van der Waals surface area contributed by atoms with Crippen molar-refractivity contribution in [3.8, 4) is 0 Å². The summed E-state index contributed by atoms with van der Waals surface area (Å²) in [5.74, 6) is 1.24. The molecule has 2 fully saturated rings. The standard InChI is InChI=1S/C16H21ClN2OS/c1-21-10-9-19-14(12-5-4-6-13(17)11-12)18-16(15(19)20)7-2-3-8-16/h4-6,11,14,18H,2-3,7-10H2,1H3. The third-order valence-electron chi connectivity index (χ3n) is 4.55. The van der Waals surface area contributed by atoms with Gasteiger partial charge in [-0.2, -0.15) is 11.8 Å². The molecule has 1 amide bonds. The van der Waals surface area contributed by atoms with Crippen LogP contribution in [-0.2, 0) is 4.79 Å². The van der Waals surface area contributed by atoms with Gasteiger partial charge in [0.2, 0.25) is 5.91 Å². The molecular formula is C16H21ClN2OS. The van der Waals surface area contributed by atoms with Gasteiger partial charge in [0.15, 0.2) is 0 Å². The van der Waals surface area contributed by atoms with Crippen LogP contribution in [0.5, 0.6) is 0 Å². The fourth-order valence-electron chi connectivity index (χ4n) is 3.49. The smallest absolute Gasteiger partial charge is 0.244 e. The first-order chi connectivity index (χ1) is 10.2. The van der Waals surface area contributed by atoms with E-state index < -0.39 is 0 Å². The largest absolute Gasteiger partial charge is 0.320 e. The topological polar surface area (TPSA) is 32.3 Å². The normalized spacial score (nSPS) is 24.2. The van der Waals surface area contributed by atoms with Gasteiger partial charge in [0.1, 0.15) is 6.17 Å². The van der Waals surface area contributed by atoms with E-state index in [1.54, 1.807) is 11.8 Å². The fraction of sp³-hybridized carbons (Fsp3) is 0.562. The van der Waals surface area contributed by atoms with Gasteiger partial charge in [-0.3, -0.25) is 10.1 Å². The molecule has 0 radical (unpaired) electrons. The molecule has 1 unspecified atom stereocenters. The minimum Gasteiger partial charge on any atom is -0.320 e. The van der Waals surface area contributed by atoms with Crippen LogP contribution in [0.3, 0.4) is 0 Å². The molecule has 3 nitrogen and oxygen atoms in total. The maximum atomic E-state index is 12.9. The van der Waals surface area contributed by atoms with E-state index >= 15 is 0 Å². The molecule has 1 aliphatic carbocycles. The zero-order valence-electron chi connectivity index (χ0n) is 12.3. The molecule has 1 saturated carbocycles. The Morgan fingerprint density at radius 1 is 1.43 bits per heavy atom. The van der Waals surface area contributed by atoms with Crippen molar-refractivity contribution in [2.75, 3.05) is 18.6 Å². The third-order valence-corrected chi connectivity index (χ3v) is 5.38. The Bertz CT molecular complexity index is 531. The number of thioether (sulfide) groups is 1. The first-order valence-electron chi connectivity index (χ1n) is 7.49. The summed E-state index contributed by atoms with van der Waals surface area (Å²) in [6, 6.07) is 7.85. The number of nitrogens with zero attached hydrogens (tertiary/aromatic N) is 1. The van der Waals surface area contributed by atoms with Crippen LogP contribution in [-0.4, -0.2) is 34.9 Å². The van der Waals surface area contributed by atoms with Crippen molar-refractivity contribution in [2.24, 2.45) is 0 Å². The first-order valence-corrected chi connectivity index (χ1v) is 9.27. The lowest BCUT2D eigenvalue weighted by atomic mass is 9.98. The van der Waals surface area contributed by atoms with Crippen molar-refractivity contribution in [3.63, 3.8) is 0 Å². The van der Waals surface area contributed by atoms with Crippen LogP contribution in [0, 0.1) is 0 Å². The van der Waals surface area contributed by atoms with Crippen molar-refractivity contribution in [3.05, 3.63) is 34.9 Å². The molecule has 1 N–H and O–H groups in total. The number of carbonyl (C=O) groups excluding carboxylic acids is 1. The number of rotatable bonds is 4. The third kappa shape index (κ3) is 2.81. The number of nitrogens with one attached hydrogen (secondary N) is 1. The molecule has 1 spiro atoms. The molecule has 5 heteroatoms. The highest BCUT2D eigenvalue weighted by Crippen LogP contribution is 2.41. The van der Waals surface area contributed by atoms with Gasteiger partial charge in [-0.05, 0) is 36.8 Å². The second-order valence-corrected chi connectivity index (χ2v) is 7.30. The van der Waals surface area contributed by atoms with Gasteiger partial charge in [-0.1, -0.05) is 36.6 Å². The predicted octanol–water partition coefficient (Wildman–Crippen LogP) is 3.45. The van der Waals surface area contributed by atoms with Crippen molar-refractivity contribution >= 4 is 29.3 Å². The number of hydrogen-bond donors (Lipinski definition) is 1. The lowest BCUT2D eigenvalue weighted by Gasteiger charge is -2.24. The summed E-state index contributed by atoms with van der Waals surface area (Å²) >= 11 is 7.90. The van der Waals surface area contributed by atoms with Crippen LogP contribution in [0.1, 0.15) is 37.4 Å². The molecule has 1 heterocycles. The Labute approximate surface area is 135 Å². The van der Waals surface area contributed by atoms with Crippen LogP contribution in [0.15, 0.2) is 24.3 Å². The van der Waals surface area contributed by atoms with Crippen molar-refractivity contribution < 1.29 is 4.79 Å². The minimum atomic E-state index is -0.328. The number of halogens is 1. The van der Waals surface area contributed by atoms with E-state index in [9.17, 15) is 4.79 Å². The average molecular weight is 325 g/mol. The van der Waals surface area contributed by atoms with Crippen molar-refractivity contribution in [1.82, 2.24) is 10.2 Å². The van der Waals surface area contributed by atoms with Crippen LogP contribution < -0.4 is 5.32 Å². The van der Waals surface area contributed by atoms with Gasteiger partial charge in [-0.25, -0.2) is 0 Å². The van der Waals surface area contributed by atoms with Crippen LogP contribution in [0.25, 0.3) is 0 Å². The molecule has 21 heavy (non-hydrogen) atoms. The molecule has 3 rings (SSSR count). The molecular weight excluding hydrogens is 304 g/mol. The SMILES string of the molecule is CSCCN1C(=O)C2(CCCC2)NC1c1cccc(Cl)c1. The summed E-state index contributed by atoms with van der Waals surface area (Å²) in [5, 5.41) is 4.35. The monoisotopic (exact) mass is 324 g/mol. The fourth-order valence-corrected chi connectivity index (χ4v) is 4.07. The molecule has 1 aromatic rings. The zero-order valence-corrected chi connectivity index (χ0v) is 13.8. The van der Waals surface area contributed by atoms with Gasteiger partial charge >= 0.3 is 0 Å². The molecule has 0 aromatic heterocycles. The second-order valence-electron chi connectivity index (χ2n) is 5.88. The Hall–Kier alpha value is -0.710. The van der Waals surface area contributed by atoms with Crippen LogP contribution in [0.2, 0.25) is 5.02 Å². The lowest BCUT2D eigenvalue weighted by Crippen LogP contribution is -2.44. The van der Waals surface area contributed by atoms with E-state index in [1.165, 1.54) is 0 Å². The summed E-state index contributed by atoms with van der Waals surface area (Å²) in [5.41, 5.74) is 0.756. The molecule has 114 valence electrons. The van der Waals surface area contributed by atoms with E-state index in [1.807, 2.05) is 23.1 Å².